The van der Waals surface area contributed by atoms with Crippen molar-refractivity contribution >= 4 is 15.9 Å². The first kappa shape index (κ1) is 18.9. The largest absolute Gasteiger partial charge is 0.337 e. The zero-order chi connectivity index (χ0) is 18.0. The highest BCUT2D eigenvalue weighted by molar-refractivity contribution is 7.89. The van der Waals surface area contributed by atoms with Gasteiger partial charge in [-0.15, -0.1) is 0 Å². The van der Waals surface area contributed by atoms with Crippen LogP contribution < -0.4 is 0 Å². The predicted molar refractivity (Wildman–Crippen MR) is 92.7 cm³/mol. The predicted octanol–water partition coefficient (Wildman–Crippen LogP) is 1.22. The van der Waals surface area contributed by atoms with Crippen molar-refractivity contribution in [3.8, 4) is 0 Å². The van der Waals surface area contributed by atoms with Gasteiger partial charge in [0.2, 0.25) is 15.9 Å². The van der Waals surface area contributed by atoms with Gasteiger partial charge in [-0.25, -0.2) is 12.7 Å². The molecule has 8 heteroatoms. The Labute approximate surface area is 144 Å². The van der Waals surface area contributed by atoms with E-state index >= 15 is 0 Å². The van der Waals surface area contributed by atoms with Crippen LogP contribution in [0.5, 0.6) is 0 Å². The molecule has 24 heavy (non-hydrogen) atoms. The maximum Gasteiger partial charge on any atom is 0.228 e. The fourth-order valence-corrected chi connectivity index (χ4v) is 4.35. The van der Waals surface area contributed by atoms with Gasteiger partial charge in [0.25, 0.3) is 0 Å². The highest BCUT2D eigenvalue weighted by atomic mass is 32.2. The molecule has 136 valence electrons. The van der Waals surface area contributed by atoms with Crippen molar-refractivity contribution in [3.63, 3.8) is 0 Å². The molecule has 0 aromatic carbocycles. The van der Waals surface area contributed by atoms with Gasteiger partial charge >= 0.3 is 0 Å². The maximum absolute atomic E-state index is 12.7. The van der Waals surface area contributed by atoms with Gasteiger partial charge in [-0.05, 0) is 12.8 Å². The van der Waals surface area contributed by atoms with Gasteiger partial charge in [0.1, 0.15) is 0 Å². The third kappa shape index (κ3) is 4.80. The number of nitrogens with zero attached hydrogens (tertiary/aromatic N) is 4. The zero-order valence-corrected chi connectivity index (χ0v) is 15.8. The molecule has 1 aliphatic rings. The van der Waals surface area contributed by atoms with Crippen LogP contribution in [0.3, 0.4) is 0 Å². The second-order valence-corrected chi connectivity index (χ2v) is 9.51. The molecule has 0 N–H and O–H groups in total. The normalized spacial score (nSPS) is 16.5. The van der Waals surface area contributed by atoms with Crippen molar-refractivity contribution in [3.05, 3.63) is 18.0 Å². The van der Waals surface area contributed by atoms with Crippen LogP contribution in [0.1, 0.15) is 39.2 Å². The summed E-state index contributed by atoms with van der Waals surface area (Å²) in [5, 5.41) is 4.12. The molecule has 1 fully saturated rings. The van der Waals surface area contributed by atoms with Crippen LogP contribution in [-0.2, 0) is 28.4 Å². The molecule has 1 saturated heterocycles. The van der Waals surface area contributed by atoms with Crippen LogP contribution in [0.15, 0.2) is 12.4 Å². The standard InChI is InChI=1S/C16H28N4O3S/c1-16(2,3)15(21)19(13-14-11-17-18(4)12-14)9-10-24(22,23)20-7-5-6-8-20/h11-12H,5-10,13H2,1-4H3. The lowest BCUT2D eigenvalue weighted by Gasteiger charge is -2.29. The van der Waals surface area contributed by atoms with E-state index in [0.29, 0.717) is 19.6 Å². The van der Waals surface area contributed by atoms with E-state index < -0.39 is 15.4 Å². The Morgan fingerprint density at radius 2 is 1.92 bits per heavy atom. The molecule has 0 bridgehead atoms. The number of amides is 1. The van der Waals surface area contributed by atoms with Crippen LogP contribution in [0, 0.1) is 5.41 Å². The Balaban J connectivity index is 2.09. The quantitative estimate of drug-likeness (QED) is 0.768. The first-order valence-corrected chi connectivity index (χ1v) is 9.95. The fraction of sp³-hybridized carbons (Fsp3) is 0.750. The van der Waals surface area contributed by atoms with Crippen molar-refractivity contribution in [2.45, 2.75) is 40.2 Å². The van der Waals surface area contributed by atoms with E-state index in [2.05, 4.69) is 5.10 Å². The molecule has 0 unspecified atom stereocenters. The van der Waals surface area contributed by atoms with Gasteiger partial charge in [-0.1, -0.05) is 20.8 Å². The smallest absolute Gasteiger partial charge is 0.228 e. The molecule has 0 aliphatic carbocycles. The lowest BCUT2D eigenvalue weighted by Crippen LogP contribution is -2.43. The molecular weight excluding hydrogens is 328 g/mol. The Bertz CT molecular complexity index is 670. The summed E-state index contributed by atoms with van der Waals surface area (Å²) in [4.78, 5) is 14.3. The molecule has 0 saturated carbocycles. The number of carbonyl (C=O) groups is 1. The van der Waals surface area contributed by atoms with Crippen molar-refractivity contribution < 1.29 is 13.2 Å². The minimum Gasteiger partial charge on any atom is -0.337 e. The van der Waals surface area contributed by atoms with Crippen LogP contribution in [0.25, 0.3) is 0 Å². The Kier molecular flexibility index (Phi) is 5.70. The van der Waals surface area contributed by atoms with Crippen LogP contribution in [0.4, 0.5) is 0 Å². The summed E-state index contributed by atoms with van der Waals surface area (Å²) in [6.45, 7) is 7.31. The molecule has 1 amide bonds. The molecule has 2 rings (SSSR count). The average Bonchev–Trinajstić information content (AvgIpc) is 3.13. The van der Waals surface area contributed by atoms with E-state index in [1.807, 2.05) is 34.0 Å². The molecule has 1 aromatic rings. The molecule has 1 aromatic heterocycles. The highest BCUT2D eigenvalue weighted by Gasteiger charge is 2.30. The van der Waals surface area contributed by atoms with Gasteiger partial charge in [-0.3, -0.25) is 9.48 Å². The lowest BCUT2D eigenvalue weighted by molar-refractivity contribution is -0.139. The molecule has 0 spiro atoms. The SMILES string of the molecule is Cn1cc(CN(CCS(=O)(=O)N2CCCC2)C(=O)C(C)(C)C)cn1. The summed E-state index contributed by atoms with van der Waals surface area (Å²) in [7, 11) is -1.49. The average molecular weight is 356 g/mol. The number of sulfonamides is 1. The Morgan fingerprint density at radius 1 is 1.29 bits per heavy atom. The van der Waals surface area contributed by atoms with Crippen molar-refractivity contribution in [2.24, 2.45) is 12.5 Å². The summed E-state index contributed by atoms with van der Waals surface area (Å²) < 4.78 is 28.1. The van der Waals surface area contributed by atoms with E-state index in [-0.39, 0.29) is 18.2 Å². The number of carbonyl (C=O) groups excluding carboxylic acids is 1. The van der Waals surface area contributed by atoms with Gasteiger partial charge in [0, 0.05) is 50.4 Å². The van der Waals surface area contributed by atoms with E-state index in [9.17, 15) is 13.2 Å². The molecule has 2 heterocycles. The van der Waals surface area contributed by atoms with Gasteiger partial charge in [-0.2, -0.15) is 5.10 Å². The first-order chi connectivity index (χ1) is 11.1. The summed E-state index contributed by atoms with van der Waals surface area (Å²) in [6.07, 6.45) is 5.38. The number of rotatable bonds is 6. The first-order valence-electron chi connectivity index (χ1n) is 8.34. The lowest BCUT2D eigenvalue weighted by atomic mass is 9.94. The molecule has 7 nitrogen and oxygen atoms in total. The van der Waals surface area contributed by atoms with Crippen LogP contribution in [0.2, 0.25) is 0 Å². The molecule has 0 radical (unpaired) electrons. The minimum atomic E-state index is -3.30. The van der Waals surface area contributed by atoms with Crippen molar-refractivity contribution in [2.75, 3.05) is 25.4 Å². The van der Waals surface area contributed by atoms with E-state index in [0.717, 1.165) is 18.4 Å². The topological polar surface area (TPSA) is 75.5 Å². The number of hydrogen-bond donors (Lipinski definition) is 0. The third-order valence-electron chi connectivity index (χ3n) is 4.14. The van der Waals surface area contributed by atoms with Gasteiger partial charge in [0.05, 0.1) is 11.9 Å². The highest BCUT2D eigenvalue weighted by Crippen LogP contribution is 2.20. The van der Waals surface area contributed by atoms with Crippen molar-refractivity contribution in [1.29, 1.82) is 0 Å². The second-order valence-electron chi connectivity index (χ2n) is 7.42. The minimum absolute atomic E-state index is 0.0327. The van der Waals surface area contributed by atoms with Crippen molar-refractivity contribution in [1.82, 2.24) is 19.0 Å². The molecular formula is C16H28N4O3S. The molecule has 0 atom stereocenters. The summed E-state index contributed by atoms with van der Waals surface area (Å²) in [5.74, 6) is -0.0855. The van der Waals surface area contributed by atoms with Gasteiger partial charge in [0.15, 0.2) is 0 Å². The van der Waals surface area contributed by atoms with Crippen LogP contribution in [-0.4, -0.2) is 58.7 Å². The van der Waals surface area contributed by atoms with E-state index in [4.69, 9.17) is 0 Å². The van der Waals surface area contributed by atoms with E-state index in [1.165, 1.54) is 4.31 Å². The van der Waals surface area contributed by atoms with Crippen LogP contribution >= 0.6 is 0 Å². The number of aryl methyl sites for hydroxylation is 1. The summed E-state index contributed by atoms with van der Waals surface area (Å²) in [5.41, 5.74) is 0.341. The maximum atomic E-state index is 12.7. The zero-order valence-electron chi connectivity index (χ0n) is 15.0. The van der Waals surface area contributed by atoms with Gasteiger partial charge < -0.3 is 4.90 Å². The third-order valence-corrected chi connectivity index (χ3v) is 5.99. The number of aromatic nitrogens is 2. The Hall–Kier alpha value is -1.41. The monoisotopic (exact) mass is 356 g/mol. The fourth-order valence-electron chi connectivity index (χ4n) is 2.82. The van der Waals surface area contributed by atoms with E-state index in [1.54, 1.807) is 15.8 Å². The summed E-state index contributed by atoms with van der Waals surface area (Å²) in [6, 6.07) is 0. The number of hydrogen-bond acceptors (Lipinski definition) is 4. The molecule has 1 aliphatic heterocycles. The second kappa shape index (κ2) is 7.23. The summed E-state index contributed by atoms with van der Waals surface area (Å²) >= 11 is 0. The Morgan fingerprint density at radius 3 is 2.42 bits per heavy atom.